The summed E-state index contributed by atoms with van der Waals surface area (Å²) in [7, 11) is 0. The van der Waals surface area contributed by atoms with Crippen LogP contribution in [0.25, 0.3) is 88.0 Å². The number of nitrogens with zero attached hydrogens (tertiary/aromatic N) is 2. The van der Waals surface area contributed by atoms with Gasteiger partial charge in [0.15, 0.2) is 5.58 Å². The summed E-state index contributed by atoms with van der Waals surface area (Å²) >= 11 is 0. The summed E-state index contributed by atoms with van der Waals surface area (Å²) in [5.41, 5.74) is 8.85. The minimum Gasteiger partial charge on any atom is -0.456 e. The van der Waals surface area contributed by atoms with E-state index in [-0.39, 0.29) is 0 Å². The van der Waals surface area contributed by atoms with Crippen LogP contribution in [0.3, 0.4) is 0 Å². The molecule has 0 spiro atoms. The number of hydrogen-bond donors (Lipinski definition) is 0. The number of rotatable bonds is 4. The van der Waals surface area contributed by atoms with Gasteiger partial charge >= 0.3 is 0 Å². The van der Waals surface area contributed by atoms with Gasteiger partial charge in [-0.1, -0.05) is 72.8 Å². The van der Waals surface area contributed by atoms with Crippen molar-refractivity contribution in [3.63, 3.8) is 0 Å². The van der Waals surface area contributed by atoms with Crippen LogP contribution in [0.15, 0.2) is 171 Å². The molecule has 3 heterocycles. The van der Waals surface area contributed by atoms with Gasteiger partial charge in [-0.25, -0.2) is 4.98 Å². The molecule has 0 unspecified atom stereocenters. The van der Waals surface area contributed by atoms with Crippen LogP contribution >= 0.6 is 0 Å². The summed E-state index contributed by atoms with van der Waals surface area (Å²) in [6, 6.07) is 54.4. The third kappa shape index (κ3) is 4.04. The average Bonchev–Trinajstić information content (AvgIpc) is 3.88. The third-order valence-corrected chi connectivity index (χ3v) is 9.87. The van der Waals surface area contributed by atoms with E-state index < -0.39 is 0 Å². The Morgan fingerprint density at radius 1 is 0.380 bits per heavy atom. The second-order valence-corrected chi connectivity index (χ2v) is 12.8. The maximum atomic E-state index is 6.51. The van der Waals surface area contributed by atoms with Crippen LogP contribution in [0.2, 0.25) is 0 Å². The first-order valence-electron chi connectivity index (χ1n) is 16.7. The number of benzene rings is 8. The molecule has 0 atom stereocenters. The molecule has 0 saturated carbocycles. The van der Waals surface area contributed by atoms with Crippen molar-refractivity contribution in [1.82, 2.24) is 4.98 Å². The molecule has 234 valence electrons. The van der Waals surface area contributed by atoms with E-state index in [9.17, 15) is 0 Å². The zero-order valence-corrected chi connectivity index (χ0v) is 26.6. The van der Waals surface area contributed by atoms with E-state index in [1.165, 1.54) is 21.5 Å². The fourth-order valence-corrected chi connectivity index (χ4v) is 7.54. The lowest BCUT2D eigenvalue weighted by molar-refractivity contribution is 0.620. The van der Waals surface area contributed by atoms with Crippen LogP contribution in [-0.2, 0) is 0 Å². The van der Waals surface area contributed by atoms with E-state index in [0.29, 0.717) is 5.89 Å². The lowest BCUT2D eigenvalue weighted by Crippen LogP contribution is -2.09. The highest BCUT2D eigenvalue weighted by Gasteiger charge is 2.19. The Labute approximate surface area is 285 Å². The van der Waals surface area contributed by atoms with Crippen molar-refractivity contribution in [2.24, 2.45) is 0 Å². The first kappa shape index (κ1) is 27.1. The van der Waals surface area contributed by atoms with Crippen molar-refractivity contribution in [1.29, 1.82) is 0 Å². The first-order valence-corrected chi connectivity index (χ1v) is 16.7. The lowest BCUT2D eigenvalue weighted by atomic mass is 10.0. The van der Waals surface area contributed by atoms with Gasteiger partial charge in [-0.05, 0) is 94.3 Å². The standard InChI is InChI=1S/C45H26N2O3/c1-3-9-33-27(7-1)15-23-39-43(33)35-21-19-31(25-41(35)48-39)47(30-17-13-29(14-18-30)45-46-37-11-5-6-12-38(37)50-45)32-20-22-36-42(26-32)49-40-24-16-28-8-2-4-10-34(28)44(36)40/h1-26H. The molecule has 0 radical (unpaired) electrons. The minimum absolute atomic E-state index is 0.594. The molecule has 11 aromatic rings. The molecule has 50 heavy (non-hydrogen) atoms. The number of aromatic nitrogens is 1. The van der Waals surface area contributed by atoms with Gasteiger partial charge in [0, 0.05) is 56.3 Å². The molecule has 11 rings (SSSR count). The Kier molecular flexibility index (Phi) is 5.60. The second-order valence-electron chi connectivity index (χ2n) is 12.8. The molecular formula is C45H26N2O3. The Balaban J connectivity index is 1.09. The maximum absolute atomic E-state index is 6.51. The van der Waals surface area contributed by atoms with Gasteiger partial charge in [0.1, 0.15) is 27.8 Å². The third-order valence-electron chi connectivity index (χ3n) is 9.87. The first-order chi connectivity index (χ1) is 24.7. The number of oxazole rings is 1. The lowest BCUT2D eigenvalue weighted by Gasteiger charge is -2.25. The predicted octanol–water partition coefficient (Wildman–Crippen LogP) is 13.1. The van der Waals surface area contributed by atoms with Crippen molar-refractivity contribution < 1.29 is 13.3 Å². The number of anilines is 3. The highest BCUT2D eigenvalue weighted by atomic mass is 16.3. The zero-order chi connectivity index (χ0) is 32.8. The molecule has 0 fully saturated rings. The Bertz CT molecular complexity index is 2920. The molecule has 0 amide bonds. The van der Waals surface area contributed by atoms with Gasteiger partial charge in [-0.2, -0.15) is 0 Å². The van der Waals surface area contributed by atoms with Gasteiger partial charge in [-0.15, -0.1) is 0 Å². The van der Waals surface area contributed by atoms with Gasteiger partial charge in [0.2, 0.25) is 5.89 Å². The van der Waals surface area contributed by atoms with E-state index in [2.05, 4.69) is 138 Å². The monoisotopic (exact) mass is 642 g/mol. The summed E-state index contributed by atoms with van der Waals surface area (Å²) in [6.07, 6.45) is 0. The number of furan rings is 2. The summed E-state index contributed by atoms with van der Waals surface area (Å²) in [4.78, 5) is 6.96. The molecule has 0 bridgehead atoms. The van der Waals surface area contributed by atoms with Crippen LogP contribution in [0.5, 0.6) is 0 Å². The molecule has 0 aliphatic carbocycles. The molecule has 3 aromatic heterocycles. The SMILES string of the molecule is c1ccc2c(c1)ccc1oc3cc(N(c4ccc(-c5nc6ccccc6o5)cc4)c4ccc5c(c4)oc4ccc6ccccc6c45)ccc3c12. The fourth-order valence-electron chi connectivity index (χ4n) is 7.54. The van der Waals surface area contributed by atoms with Crippen LogP contribution in [0.1, 0.15) is 0 Å². The topological polar surface area (TPSA) is 55.6 Å². The van der Waals surface area contributed by atoms with E-state index in [0.717, 1.165) is 77.6 Å². The summed E-state index contributed by atoms with van der Waals surface area (Å²) < 4.78 is 19.1. The summed E-state index contributed by atoms with van der Waals surface area (Å²) in [5.74, 6) is 0.594. The van der Waals surface area contributed by atoms with Crippen molar-refractivity contribution in [3.8, 4) is 11.5 Å². The van der Waals surface area contributed by atoms with E-state index in [1.54, 1.807) is 0 Å². The smallest absolute Gasteiger partial charge is 0.227 e. The molecule has 5 heteroatoms. The van der Waals surface area contributed by atoms with Gasteiger partial charge in [0.05, 0.1) is 0 Å². The summed E-state index contributed by atoms with van der Waals surface area (Å²) in [5, 5.41) is 9.21. The van der Waals surface area contributed by atoms with Crippen LogP contribution in [0, 0.1) is 0 Å². The van der Waals surface area contributed by atoms with Gasteiger partial charge in [0.25, 0.3) is 0 Å². The highest BCUT2D eigenvalue weighted by molar-refractivity contribution is 6.20. The molecule has 5 nitrogen and oxygen atoms in total. The van der Waals surface area contributed by atoms with E-state index >= 15 is 0 Å². The van der Waals surface area contributed by atoms with Gasteiger partial charge < -0.3 is 18.2 Å². The Morgan fingerprint density at radius 3 is 1.52 bits per heavy atom. The van der Waals surface area contributed by atoms with Crippen LogP contribution < -0.4 is 4.90 Å². The fraction of sp³-hybridized carbons (Fsp3) is 0. The number of para-hydroxylation sites is 2. The Hall–Kier alpha value is -6.85. The second kappa shape index (κ2) is 10.3. The molecule has 8 aromatic carbocycles. The number of fused-ring (bicyclic) bond motifs is 11. The van der Waals surface area contributed by atoms with Crippen molar-refractivity contribution in [2.75, 3.05) is 4.90 Å². The predicted molar refractivity (Wildman–Crippen MR) is 204 cm³/mol. The van der Waals surface area contributed by atoms with Crippen molar-refractivity contribution in [2.45, 2.75) is 0 Å². The summed E-state index contributed by atoms with van der Waals surface area (Å²) in [6.45, 7) is 0. The maximum Gasteiger partial charge on any atom is 0.227 e. The molecule has 0 saturated heterocycles. The van der Waals surface area contributed by atoms with E-state index in [1.807, 2.05) is 24.3 Å². The zero-order valence-electron chi connectivity index (χ0n) is 26.6. The normalized spacial score (nSPS) is 12.0. The van der Waals surface area contributed by atoms with Crippen LogP contribution in [-0.4, -0.2) is 4.98 Å². The molecular weight excluding hydrogens is 617 g/mol. The minimum atomic E-state index is 0.594. The van der Waals surface area contributed by atoms with E-state index in [4.69, 9.17) is 18.2 Å². The Morgan fingerprint density at radius 2 is 0.920 bits per heavy atom. The quantitative estimate of drug-likeness (QED) is 0.191. The molecule has 0 aliphatic rings. The van der Waals surface area contributed by atoms with Gasteiger partial charge in [-0.3, -0.25) is 0 Å². The van der Waals surface area contributed by atoms with Crippen LogP contribution in [0.4, 0.5) is 17.1 Å². The molecule has 0 aliphatic heterocycles. The van der Waals surface area contributed by atoms with Crippen molar-refractivity contribution >= 4 is 93.6 Å². The average molecular weight is 643 g/mol. The largest absolute Gasteiger partial charge is 0.456 e. The number of hydrogen-bond acceptors (Lipinski definition) is 5. The highest BCUT2D eigenvalue weighted by Crippen LogP contribution is 2.43. The van der Waals surface area contributed by atoms with Crippen molar-refractivity contribution in [3.05, 3.63) is 158 Å². The molecule has 0 N–H and O–H groups in total.